The Labute approximate surface area is 220 Å². The zero-order valence-corrected chi connectivity index (χ0v) is 21.3. The number of hydrogen-bond acceptors (Lipinski definition) is 4. The summed E-state index contributed by atoms with van der Waals surface area (Å²) in [5, 5.41) is 9.19. The molecule has 11 heteroatoms. The number of aryl methyl sites for hydroxylation is 1. The highest BCUT2D eigenvalue weighted by Crippen LogP contribution is 2.36. The molecule has 34 heavy (non-hydrogen) atoms. The van der Waals surface area contributed by atoms with E-state index in [0.717, 1.165) is 11.3 Å². The minimum absolute atomic E-state index is 0.0178. The van der Waals surface area contributed by atoms with Crippen LogP contribution in [0.15, 0.2) is 52.9 Å². The van der Waals surface area contributed by atoms with Crippen molar-refractivity contribution in [3.63, 3.8) is 0 Å². The number of nitrogens with zero attached hydrogens (tertiary/aromatic N) is 2. The van der Waals surface area contributed by atoms with Gasteiger partial charge in [-0.25, -0.2) is 0 Å². The molecule has 0 radical (unpaired) electrons. The smallest absolute Gasteiger partial charge is 0.292 e. The molecule has 0 bridgehead atoms. The first kappa shape index (κ1) is 24.8. The number of hydrogen-bond donors (Lipinski definition) is 1. The van der Waals surface area contributed by atoms with Gasteiger partial charge in [-0.05, 0) is 48.9 Å². The van der Waals surface area contributed by atoms with Gasteiger partial charge in [0.2, 0.25) is 0 Å². The van der Waals surface area contributed by atoms with E-state index in [9.17, 15) is 4.79 Å². The maximum absolute atomic E-state index is 12.6. The van der Waals surface area contributed by atoms with Crippen molar-refractivity contribution < 1.29 is 13.9 Å². The lowest BCUT2D eigenvalue weighted by Crippen LogP contribution is -2.12. The number of halogens is 5. The third-order valence-corrected chi connectivity index (χ3v) is 6.13. The summed E-state index contributed by atoms with van der Waals surface area (Å²) in [7, 11) is 0. The van der Waals surface area contributed by atoms with Crippen LogP contribution >= 0.6 is 58.0 Å². The largest absolute Gasteiger partial charge is 0.483 e. The van der Waals surface area contributed by atoms with Gasteiger partial charge in [0.15, 0.2) is 17.3 Å². The molecule has 0 fully saturated rings. The van der Waals surface area contributed by atoms with Gasteiger partial charge in [-0.15, -0.1) is 0 Å². The SMILES string of the molecule is Cc1cc(NC(=O)c2ccc(COc3c(Cl)cc(Cl)cc3Cl)o2)nn1Cc1ccc(Cl)cc1Cl. The summed E-state index contributed by atoms with van der Waals surface area (Å²) in [6.45, 7) is 2.32. The number of furan rings is 1. The summed E-state index contributed by atoms with van der Waals surface area (Å²) in [5.41, 5.74) is 1.69. The second-order valence-electron chi connectivity index (χ2n) is 7.27. The van der Waals surface area contributed by atoms with Crippen molar-refractivity contribution in [3.05, 3.63) is 96.4 Å². The Morgan fingerprint density at radius 3 is 2.38 bits per heavy atom. The molecule has 1 N–H and O–H groups in total. The number of carbonyl (C=O) groups excluding carboxylic acids is 1. The van der Waals surface area contributed by atoms with Gasteiger partial charge in [-0.2, -0.15) is 5.10 Å². The predicted molar refractivity (Wildman–Crippen MR) is 135 cm³/mol. The number of carbonyl (C=O) groups is 1. The van der Waals surface area contributed by atoms with Crippen LogP contribution in [0.5, 0.6) is 5.75 Å². The lowest BCUT2D eigenvalue weighted by atomic mass is 10.2. The van der Waals surface area contributed by atoms with Gasteiger partial charge >= 0.3 is 0 Å². The third-order valence-electron chi connectivity index (χ3n) is 4.77. The van der Waals surface area contributed by atoms with E-state index in [1.54, 1.807) is 28.9 Å². The normalized spacial score (nSPS) is 11.0. The Bertz CT molecular complexity index is 1340. The van der Waals surface area contributed by atoms with Crippen LogP contribution in [0.25, 0.3) is 0 Å². The summed E-state index contributed by atoms with van der Waals surface area (Å²) in [4.78, 5) is 12.6. The molecule has 0 aliphatic rings. The van der Waals surface area contributed by atoms with Gasteiger partial charge in [0.05, 0.1) is 16.6 Å². The first-order valence-electron chi connectivity index (χ1n) is 9.85. The van der Waals surface area contributed by atoms with Gasteiger partial charge in [-0.1, -0.05) is 64.1 Å². The fourth-order valence-electron chi connectivity index (χ4n) is 3.11. The van der Waals surface area contributed by atoms with Crippen molar-refractivity contribution in [2.24, 2.45) is 0 Å². The van der Waals surface area contributed by atoms with Gasteiger partial charge < -0.3 is 14.5 Å². The van der Waals surface area contributed by atoms with Crippen molar-refractivity contribution in [3.8, 4) is 5.75 Å². The average Bonchev–Trinajstić information content (AvgIpc) is 3.36. The molecule has 4 rings (SSSR count). The molecule has 0 aliphatic carbocycles. The van der Waals surface area contributed by atoms with Crippen LogP contribution in [-0.4, -0.2) is 15.7 Å². The summed E-state index contributed by atoms with van der Waals surface area (Å²) >= 11 is 30.3. The van der Waals surface area contributed by atoms with Crippen molar-refractivity contribution in [2.75, 3.05) is 5.32 Å². The molecule has 176 valence electrons. The highest BCUT2D eigenvalue weighted by atomic mass is 35.5. The summed E-state index contributed by atoms with van der Waals surface area (Å²) < 4.78 is 12.9. The summed E-state index contributed by atoms with van der Waals surface area (Å²) in [5.74, 6) is 0.701. The fourth-order valence-corrected chi connectivity index (χ4v) is 4.50. The molecular formula is C23H16Cl5N3O3. The quantitative estimate of drug-likeness (QED) is 0.250. The number of ether oxygens (including phenoxy) is 1. The van der Waals surface area contributed by atoms with Crippen LogP contribution in [0.1, 0.15) is 27.6 Å². The molecule has 2 heterocycles. The van der Waals surface area contributed by atoms with Crippen molar-refractivity contribution in [2.45, 2.75) is 20.1 Å². The van der Waals surface area contributed by atoms with Crippen LogP contribution in [0.4, 0.5) is 5.82 Å². The summed E-state index contributed by atoms with van der Waals surface area (Å²) in [6, 6.07) is 13.2. The molecular weight excluding hydrogens is 544 g/mol. The van der Waals surface area contributed by atoms with Crippen molar-refractivity contribution in [1.82, 2.24) is 9.78 Å². The van der Waals surface area contributed by atoms with E-state index in [0.29, 0.717) is 33.2 Å². The lowest BCUT2D eigenvalue weighted by molar-refractivity contribution is 0.0992. The minimum atomic E-state index is -0.456. The van der Waals surface area contributed by atoms with Gasteiger partial charge in [0.25, 0.3) is 5.91 Å². The molecule has 2 aromatic heterocycles. The molecule has 4 aromatic rings. The van der Waals surface area contributed by atoms with Crippen LogP contribution < -0.4 is 10.1 Å². The van der Waals surface area contributed by atoms with E-state index in [1.165, 1.54) is 18.2 Å². The summed E-state index contributed by atoms with van der Waals surface area (Å²) in [6.07, 6.45) is 0. The first-order valence-corrected chi connectivity index (χ1v) is 11.7. The Morgan fingerprint density at radius 1 is 0.971 bits per heavy atom. The molecule has 0 saturated heterocycles. The highest BCUT2D eigenvalue weighted by molar-refractivity contribution is 6.40. The van der Waals surface area contributed by atoms with Crippen molar-refractivity contribution in [1.29, 1.82) is 0 Å². The number of benzene rings is 2. The maximum atomic E-state index is 12.6. The third kappa shape index (κ3) is 5.82. The Morgan fingerprint density at radius 2 is 1.68 bits per heavy atom. The molecule has 0 spiro atoms. The second-order valence-corrected chi connectivity index (χ2v) is 9.37. The molecule has 2 aromatic carbocycles. The Kier molecular flexibility index (Phi) is 7.65. The number of amides is 1. The standard InChI is InChI=1S/C23H16Cl5N3O3/c1-12-6-21(30-31(12)10-13-2-3-14(24)7-17(13)26)29-23(32)20-5-4-16(34-20)11-33-22-18(27)8-15(25)9-19(22)28/h2-9H,10-11H2,1H3,(H,29,30,32). The van der Waals surface area contributed by atoms with Gasteiger partial charge in [-0.3, -0.25) is 9.48 Å². The van der Waals surface area contributed by atoms with E-state index < -0.39 is 5.91 Å². The average molecular weight is 560 g/mol. The topological polar surface area (TPSA) is 69.3 Å². The van der Waals surface area contributed by atoms with Crippen molar-refractivity contribution >= 4 is 69.7 Å². The van der Waals surface area contributed by atoms with Gasteiger partial charge in [0.1, 0.15) is 12.4 Å². The number of anilines is 1. The van der Waals surface area contributed by atoms with E-state index in [1.807, 2.05) is 13.0 Å². The van der Waals surface area contributed by atoms with E-state index in [-0.39, 0.29) is 28.2 Å². The van der Waals surface area contributed by atoms with E-state index in [4.69, 9.17) is 67.2 Å². The number of rotatable bonds is 7. The molecule has 0 atom stereocenters. The zero-order chi connectivity index (χ0) is 24.4. The first-order chi connectivity index (χ1) is 16.2. The van der Waals surface area contributed by atoms with Crippen LogP contribution in [-0.2, 0) is 13.2 Å². The van der Waals surface area contributed by atoms with E-state index >= 15 is 0 Å². The zero-order valence-electron chi connectivity index (χ0n) is 17.5. The molecule has 0 aliphatic heterocycles. The molecule has 6 nitrogen and oxygen atoms in total. The molecule has 0 saturated carbocycles. The van der Waals surface area contributed by atoms with Crippen LogP contribution in [0.3, 0.4) is 0 Å². The molecule has 1 amide bonds. The maximum Gasteiger partial charge on any atom is 0.292 e. The molecule has 0 unspecified atom stereocenters. The monoisotopic (exact) mass is 557 g/mol. The highest BCUT2D eigenvalue weighted by Gasteiger charge is 2.16. The van der Waals surface area contributed by atoms with E-state index in [2.05, 4.69) is 10.4 Å². The lowest BCUT2D eigenvalue weighted by Gasteiger charge is -2.09. The Hall–Kier alpha value is -2.35. The number of aromatic nitrogens is 2. The predicted octanol–water partition coefficient (Wildman–Crippen LogP) is 7.93. The minimum Gasteiger partial charge on any atom is -0.483 e. The Balaban J connectivity index is 1.40. The van der Waals surface area contributed by atoms with Crippen LogP contribution in [0.2, 0.25) is 25.1 Å². The fraction of sp³-hybridized carbons (Fsp3) is 0.130. The van der Waals surface area contributed by atoms with Gasteiger partial charge in [0, 0.05) is 26.8 Å². The second kappa shape index (κ2) is 10.5. The van der Waals surface area contributed by atoms with Crippen LogP contribution in [0, 0.1) is 6.92 Å². The number of nitrogens with one attached hydrogen (secondary N) is 1.